The van der Waals surface area contributed by atoms with Crippen molar-refractivity contribution in [1.82, 2.24) is 19.4 Å². The summed E-state index contributed by atoms with van der Waals surface area (Å²) >= 11 is 0. The Morgan fingerprint density at radius 1 is 1.28 bits per heavy atom. The topological polar surface area (TPSA) is 41.4 Å². The zero-order chi connectivity index (χ0) is 17.5. The number of rotatable bonds is 7. The number of imidazole rings is 1. The lowest BCUT2D eigenvalue weighted by Crippen LogP contribution is -2.35. The minimum Gasteiger partial charge on any atom is -0.341 e. The molecule has 140 valence electrons. The van der Waals surface area contributed by atoms with Crippen LogP contribution in [-0.4, -0.2) is 62.4 Å². The number of aromatic nitrogens is 2. The number of carbonyl (C=O) groups excluding carboxylic acids is 1. The third kappa shape index (κ3) is 5.93. The predicted octanol–water partition coefficient (Wildman–Crippen LogP) is 3.17. The Hall–Kier alpha value is -0.660. The molecule has 1 aromatic heterocycles. The van der Waals surface area contributed by atoms with E-state index in [4.69, 9.17) is 0 Å². The lowest BCUT2D eigenvalue weighted by molar-refractivity contribution is -0.131. The number of carbonyl (C=O) groups is 1. The van der Waals surface area contributed by atoms with Crippen LogP contribution in [0.4, 0.5) is 0 Å². The summed E-state index contributed by atoms with van der Waals surface area (Å²) in [5.74, 6) is 2.76. The maximum absolute atomic E-state index is 12.5. The molecule has 1 unspecified atom stereocenters. The van der Waals surface area contributed by atoms with Gasteiger partial charge in [0.2, 0.25) is 5.91 Å². The Bertz CT molecular complexity index is 545. The van der Waals surface area contributed by atoms with Gasteiger partial charge in [-0.2, -0.15) is 0 Å². The average molecular weight is 383 g/mol. The number of nitrogens with zero attached hydrogens (tertiary/aromatic N) is 4. The molecular weight excluding hydrogens is 352 g/mol. The van der Waals surface area contributed by atoms with E-state index in [1.807, 2.05) is 41.0 Å². The molecule has 1 aromatic rings. The highest BCUT2D eigenvalue weighted by Gasteiger charge is 2.20. The lowest BCUT2D eigenvalue weighted by Gasteiger charge is -2.22. The van der Waals surface area contributed by atoms with Crippen molar-refractivity contribution in [2.45, 2.75) is 50.3 Å². The molecule has 2 fully saturated rings. The molecule has 5 nitrogen and oxygen atoms in total. The molecule has 1 atom stereocenters. The number of unbranched alkanes of at least 4 members (excludes halogenated alkanes) is 1. The van der Waals surface area contributed by atoms with Crippen LogP contribution in [0.1, 0.15) is 44.3 Å². The van der Waals surface area contributed by atoms with E-state index in [-0.39, 0.29) is 0 Å². The normalized spacial score (nSPS) is 22.3. The van der Waals surface area contributed by atoms with Gasteiger partial charge in [0.1, 0.15) is 5.82 Å². The minimum absolute atomic E-state index is 0.354. The van der Waals surface area contributed by atoms with Gasteiger partial charge in [-0.15, -0.1) is 0 Å². The summed E-state index contributed by atoms with van der Waals surface area (Å²) in [7, 11) is 6.09. The summed E-state index contributed by atoms with van der Waals surface area (Å²) < 4.78 is 2.08. The van der Waals surface area contributed by atoms with E-state index in [1.165, 1.54) is 25.0 Å². The zero-order valence-electron chi connectivity index (χ0n) is 15.2. The van der Waals surface area contributed by atoms with Gasteiger partial charge < -0.3 is 9.47 Å². The highest BCUT2D eigenvalue weighted by atomic mass is 33.1. The van der Waals surface area contributed by atoms with E-state index in [0.717, 1.165) is 63.1 Å². The van der Waals surface area contributed by atoms with E-state index in [2.05, 4.69) is 19.4 Å². The fourth-order valence-electron chi connectivity index (χ4n) is 3.50. The summed E-state index contributed by atoms with van der Waals surface area (Å²) in [5.41, 5.74) is 0. The molecule has 7 heteroatoms. The number of amides is 1. The third-order valence-electron chi connectivity index (χ3n) is 5.12. The molecule has 2 saturated heterocycles. The van der Waals surface area contributed by atoms with Crippen LogP contribution in [0.5, 0.6) is 0 Å². The Morgan fingerprint density at radius 2 is 2.20 bits per heavy atom. The molecule has 0 aromatic carbocycles. The van der Waals surface area contributed by atoms with Crippen molar-refractivity contribution in [2.75, 3.05) is 31.9 Å². The maximum atomic E-state index is 12.5. The second-order valence-corrected chi connectivity index (χ2v) is 9.83. The van der Waals surface area contributed by atoms with Crippen molar-refractivity contribution >= 4 is 27.5 Å². The molecule has 0 N–H and O–H groups in total. The number of aryl methyl sites for hydroxylation is 1. The van der Waals surface area contributed by atoms with Crippen LogP contribution in [0.25, 0.3) is 0 Å². The molecule has 0 radical (unpaired) electrons. The molecule has 0 bridgehead atoms. The van der Waals surface area contributed by atoms with Crippen molar-refractivity contribution in [3.63, 3.8) is 0 Å². The summed E-state index contributed by atoms with van der Waals surface area (Å²) in [6.07, 6.45) is 10.5. The summed E-state index contributed by atoms with van der Waals surface area (Å²) in [5, 5.41) is 0.831. The van der Waals surface area contributed by atoms with Crippen molar-refractivity contribution in [1.29, 1.82) is 0 Å². The van der Waals surface area contributed by atoms with E-state index >= 15 is 0 Å². The van der Waals surface area contributed by atoms with Gasteiger partial charge in [0.05, 0.1) is 6.54 Å². The highest BCUT2D eigenvalue weighted by Crippen LogP contribution is 2.39. The van der Waals surface area contributed by atoms with Crippen LogP contribution in [0.15, 0.2) is 12.4 Å². The first-order valence-electron chi connectivity index (χ1n) is 9.47. The summed E-state index contributed by atoms with van der Waals surface area (Å²) in [4.78, 5) is 21.4. The molecule has 0 aliphatic carbocycles. The molecule has 2 aliphatic heterocycles. The molecule has 1 amide bonds. The number of hydrogen-bond donors (Lipinski definition) is 0. The molecular formula is C18H30N4OS2. The highest BCUT2D eigenvalue weighted by molar-refractivity contribution is 8.77. The molecule has 3 rings (SSSR count). The van der Waals surface area contributed by atoms with Crippen LogP contribution < -0.4 is 0 Å². The number of hydrogen-bond acceptors (Lipinski definition) is 5. The van der Waals surface area contributed by atoms with E-state index in [9.17, 15) is 4.79 Å². The van der Waals surface area contributed by atoms with Crippen LogP contribution in [-0.2, 0) is 18.4 Å². The van der Waals surface area contributed by atoms with E-state index in [1.54, 1.807) is 0 Å². The van der Waals surface area contributed by atoms with E-state index in [0.29, 0.717) is 5.91 Å². The average Bonchev–Trinajstić information content (AvgIpc) is 3.20. The Kier molecular flexibility index (Phi) is 7.55. The SMILES string of the molecule is Cn1ccnc1CN1CCCN(C(=O)CCCCC2CCSS2)CC1. The molecule has 0 saturated carbocycles. The summed E-state index contributed by atoms with van der Waals surface area (Å²) in [6.45, 7) is 4.65. The van der Waals surface area contributed by atoms with Gasteiger partial charge in [-0.05, 0) is 25.7 Å². The van der Waals surface area contributed by atoms with Crippen molar-refractivity contribution in [3.8, 4) is 0 Å². The second-order valence-electron chi connectivity index (χ2n) is 7.04. The molecule has 25 heavy (non-hydrogen) atoms. The first kappa shape index (κ1) is 19.1. The van der Waals surface area contributed by atoms with Crippen LogP contribution in [0.3, 0.4) is 0 Å². The van der Waals surface area contributed by atoms with Gasteiger partial charge in [-0.1, -0.05) is 28.0 Å². The minimum atomic E-state index is 0.354. The zero-order valence-corrected chi connectivity index (χ0v) is 16.9. The van der Waals surface area contributed by atoms with E-state index < -0.39 is 0 Å². The van der Waals surface area contributed by atoms with Gasteiger partial charge >= 0.3 is 0 Å². The van der Waals surface area contributed by atoms with Crippen LogP contribution >= 0.6 is 21.6 Å². The molecule has 3 heterocycles. The maximum Gasteiger partial charge on any atom is 0.222 e. The Balaban J connectivity index is 1.35. The van der Waals surface area contributed by atoms with Crippen LogP contribution in [0.2, 0.25) is 0 Å². The van der Waals surface area contributed by atoms with Gasteiger partial charge in [0.25, 0.3) is 0 Å². The summed E-state index contributed by atoms with van der Waals surface area (Å²) in [6, 6.07) is 0. The fraction of sp³-hybridized carbons (Fsp3) is 0.778. The smallest absolute Gasteiger partial charge is 0.222 e. The third-order valence-corrected chi connectivity index (χ3v) is 8.13. The second kappa shape index (κ2) is 9.88. The Morgan fingerprint density at radius 3 is 2.96 bits per heavy atom. The molecule has 2 aliphatic rings. The van der Waals surface area contributed by atoms with Gasteiger partial charge in [-0.3, -0.25) is 9.69 Å². The predicted molar refractivity (Wildman–Crippen MR) is 107 cm³/mol. The largest absolute Gasteiger partial charge is 0.341 e. The Labute approximate surface area is 159 Å². The van der Waals surface area contributed by atoms with Crippen molar-refractivity contribution in [2.24, 2.45) is 7.05 Å². The quantitative estimate of drug-likeness (QED) is 0.535. The molecule has 0 spiro atoms. The standard InChI is InChI=1S/C18H30N4OS2/c1-20-11-8-19-17(20)15-21-9-4-10-22(13-12-21)18(23)6-3-2-5-16-7-14-24-25-16/h8,11,16H,2-7,9-10,12-15H2,1H3. The van der Waals surface area contributed by atoms with Crippen LogP contribution in [0, 0.1) is 0 Å². The first-order chi connectivity index (χ1) is 12.2. The van der Waals surface area contributed by atoms with Gasteiger partial charge in [-0.25, -0.2) is 4.98 Å². The van der Waals surface area contributed by atoms with Gasteiger partial charge in [0, 0.05) is 63.0 Å². The lowest BCUT2D eigenvalue weighted by atomic mass is 10.1. The van der Waals surface area contributed by atoms with Gasteiger partial charge in [0.15, 0.2) is 0 Å². The van der Waals surface area contributed by atoms with Crippen molar-refractivity contribution < 1.29 is 4.79 Å². The first-order valence-corrected chi connectivity index (χ1v) is 11.8. The van der Waals surface area contributed by atoms with Crippen molar-refractivity contribution in [3.05, 3.63) is 18.2 Å². The fourth-order valence-corrected chi connectivity index (χ4v) is 6.53. The monoisotopic (exact) mass is 382 g/mol.